The molecule has 232 valence electrons. The second-order valence-corrected chi connectivity index (χ2v) is 12.4. The minimum atomic E-state index is -0.655. The minimum Gasteiger partial charge on any atom is -0.369 e. The van der Waals surface area contributed by atoms with E-state index in [0.29, 0.717) is 23.6 Å². The predicted molar refractivity (Wildman–Crippen MR) is 166 cm³/mol. The minimum absolute atomic E-state index is 0.0109. The smallest absolute Gasteiger partial charge is 0.317 e. The molecule has 2 saturated heterocycles. The van der Waals surface area contributed by atoms with E-state index in [0.717, 1.165) is 70.3 Å². The highest BCUT2D eigenvalue weighted by Gasteiger charge is 2.34. The number of carbonyl (C=O) groups is 3. The largest absolute Gasteiger partial charge is 0.369 e. The first-order chi connectivity index (χ1) is 20.6. The number of hydrogen-bond donors (Lipinski definition) is 4. The quantitative estimate of drug-likeness (QED) is 0.364. The summed E-state index contributed by atoms with van der Waals surface area (Å²) in [6.07, 6.45) is 8.35. The Morgan fingerprint density at radius 3 is 2.33 bits per heavy atom. The Labute approximate surface area is 253 Å². The fourth-order valence-electron chi connectivity index (χ4n) is 6.85. The summed E-state index contributed by atoms with van der Waals surface area (Å²) in [5, 5.41) is 6.36. The van der Waals surface area contributed by atoms with Gasteiger partial charge in [-0.1, -0.05) is 12.1 Å². The van der Waals surface area contributed by atoms with Crippen molar-refractivity contribution < 1.29 is 14.4 Å². The maximum atomic E-state index is 12.3. The molecule has 0 spiro atoms. The van der Waals surface area contributed by atoms with Gasteiger partial charge >= 0.3 is 6.03 Å². The van der Waals surface area contributed by atoms with Crippen LogP contribution in [0.5, 0.6) is 0 Å². The van der Waals surface area contributed by atoms with Gasteiger partial charge in [-0.15, -0.1) is 0 Å². The average molecular weight is 592 g/mol. The standard InChI is InChI=1S/C31H45N9O3/c1-19-25(36-31(43)38(2)3)5-4-14-40(19)26-18-34-27(29(33)42)30(37-26)35-23-9-6-20(7-10-23)21-12-15-39(16-13-21)24-11-8-22(17-24)28(32)41/h6-7,9-10,18-19,21-22,24-25H,4-5,8,11-17H2,1-3H3,(H2,32,41)(H2,33,42)(H,35,37)(H,36,43)/t19-,22?,24?,25-/m1/s1. The Kier molecular flexibility index (Phi) is 9.34. The molecule has 4 atom stereocenters. The lowest BCUT2D eigenvalue weighted by atomic mass is 9.88. The fraction of sp³-hybridized carbons (Fsp3) is 0.581. The number of hydrogen-bond acceptors (Lipinski definition) is 8. The SMILES string of the molecule is C[C@@H]1[C@H](NC(=O)N(C)C)CCCN1c1cnc(C(N)=O)c(Nc2ccc(C3CCN(C4CCC(C(N)=O)C4)CC3)cc2)n1. The van der Waals surface area contributed by atoms with E-state index in [4.69, 9.17) is 16.5 Å². The molecule has 0 bridgehead atoms. The Morgan fingerprint density at radius 1 is 0.977 bits per heavy atom. The first kappa shape index (κ1) is 30.5. The van der Waals surface area contributed by atoms with Crippen LogP contribution in [0, 0.1) is 5.92 Å². The number of anilines is 3. The predicted octanol–water partition coefficient (Wildman–Crippen LogP) is 2.78. The van der Waals surface area contributed by atoms with E-state index in [2.05, 4.69) is 44.5 Å². The third kappa shape index (κ3) is 7.01. The maximum Gasteiger partial charge on any atom is 0.317 e. The molecule has 2 aliphatic heterocycles. The lowest BCUT2D eigenvalue weighted by Gasteiger charge is -2.40. The number of nitrogens with two attached hydrogens (primary N) is 2. The third-order valence-electron chi connectivity index (χ3n) is 9.49. The molecule has 1 aliphatic carbocycles. The van der Waals surface area contributed by atoms with Crippen molar-refractivity contribution in [3.8, 4) is 0 Å². The number of benzene rings is 1. The highest BCUT2D eigenvalue weighted by molar-refractivity contribution is 5.96. The normalized spacial score (nSPS) is 24.9. The molecule has 3 fully saturated rings. The van der Waals surface area contributed by atoms with Gasteiger partial charge in [0.05, 0.1) is 12.2 Å². The molecule has 2 unspecified atom stereocenters. The van der Waals surface area contributed by atoms with Crippen LogP contribution in [0.3, 0.4) is 0 Å². The molecule has 6 N–H and O–H groups in total. The van der Waals surface area contributed by atoms with Gasteiger partial charge in [-0.3, -0.25) is 9.59 Å². The van der Waals surface area contributed by atoms with Crippen LogP contribution in [0.2, 0.25) is 0 Å². The summed E-state index contributed by atoms with van der Waals surface area (Å²) >= 11 is 0. The van der Waals surface area contributed by atoms with Gasteiger partial charge in [0.15, 0.2) is 11.5 Å². The number of amides is 4. The Balaban J connectivity index is 1.23. The van der Waals surface area contributed by atoms with Crippen molar-refractivity contribution in [1.82, 2.24) is 25.1 Å². The highest BCUT2D eigenvalue weighted by atomic mass is 16.2. The van der Waals surface area contributed by atoms with Crippen molar-refractivity contribution >= 4 is 35.2 Å². The van der Waals surface area contributed by atoms with E-state index in [1.807, 2.05) is 12.1 Å². The molecule has 4 amide bonds. The van der Waals surface area contributed by atoms with Gasteiger partial charge in [-0.2, -0.15) is 0 Å². The summed E-state index contributed by atoms with van der Waals surface area (Å²) in [4.78, 5) is 51.4. The van der Waals surface area contributed by atoms with Gasteiger partial charge in [-0.05, 0) is 88.6 Å². The molecule has 5 rings (SSSR count). The van der Waals surface area contributed by atoms with Crippen LogP contribution in [0.4, 0.5) is 22.1 Å². The van der Waals surface area contributed by atoms with Crippen LogP contribution in [0.15, 0.2) is 30.5 Å². The van der Waals surface area contributed by atoms with E-state index in [9.17, 15) is 14.4 Å². The lowest BCUT2D eigenvalue weighted by Crippen LogP contribution is -2.56. The first-order valence-electron chi connectivity index (χ1n) is 15.4. The average Bonchev–Trinajstić information content (AvgIpc) is 3.50. The second-order valence-electron chi connectivity index (χ2n) is 12.4. The number of nitrogens with one attached hydrogen (secondary N) is 2. The number of rotatable bonds is 8. The third-order valence-corrected chi connectivity index (χ3v) is 9.49. The van der Waals surface area contributed by atoms with Crippen molar-refractivity contribution in [2.45, 2.75) is 75.9 Å². The molecule has 0 radical (unpaired) electrons. The summed E-state index contributed by atoms with van der Waals surface area (Å²) in [7, 11) is 3.45. The zero-order chi connectivity index (χ0) is 30.7. The molecule has 3 aliphatic rings. The number of carbonyl (C=O) groups excluding carboxylic acids is 3. The Morgan fingerprint density at radius 2 is 1.70 bits per heavy atom. The van der Waals surface area contributed by atoms with Gasteiger partial charge in [0.1, 0.15) is 5.82 Å². The number of aromatic nitrogens is 2. The molecule has 3 heterocycles. The van der Waals surface area contributed by atoms with E-state index < -0.39 is 5.91 Å². The molecule has 12 heteroatoms. The number of likely N-dealkylation sites (tertiary alicyclic amines) is 1. The first-order valence-corrected chi connectivity index (χ1v) is 15.4. The lowest BCUT2D eigenvalue weighted by molar-refractivity contribution is -0.121. The van der Waals surface area contributed by atoms with Crippen LogP contribution in [0.1, 0.15) is 73.8 Å². The highest BCUT2D eigenvalue weighted by Crippen LogP contribution is 2.35. The molecule has 43 heavy (non-hydrogen) atoms. The van der Waals surface area contributed by atoms with E-state index in [-0.39, 0.29) is 35.6 Å². The maximum absolute atomic E-state index is 12.3. The van der Waals surface area contributed by atoms with Crippen molar-refractivity contribution in [3.05, 3.63) is 41.7 Å². The van der Waals surface area contributed by atoms with Gasteiger partial charge in [0, 0.05) is 44.3 Å². The summed E-state index contributed by atoms with van der Waals surface area (Å²) in [5.41, 5.74) is 13.3. The van der Waals surface area contributed by atoms with E-state index in [1.165, 1.54) is 10.5 Å². The van der Waals surface area contributed by atoms with Gasteiger partial charge in [0.2, 0.25) is 5.91 Å². The number of urea groups is 1. The molecule has 12 nitrogen and oxygen atoms in total. The van der Waals surface area contributed by atoms with Gasteiger partial charge < -0.3 is 36.8 Å². The molecule has 2 aromatic rings. The summed E-state index contributed by atoms with van der Waals surface area (Å²) in [6.45, 7) is 4.88. The van der Waals surface area contributed by atoms with Crippen molar-refractivity contribution in [2.24, 2.45) is 17.4 Å². The fourth-order valence-corrected chi connectivity index (χ4v) is 6.85. The molecule has 1 aromatic heterocycles. The molecule has 1 aromatic carbocycles. The summed E-state index contributed by atoms with van der Waals surface area (Å²) < 4.78 is 0. The zero-order valence-electron chi connectivity index (χ0n) is 25.5. The van der Waals surface area contributed by atoms with Gasteiger partial charge in [0.25, 0.3) is 5.91 Å². The Hall–Kier alpha value is -3.93. The number of piperidine rings is 2. The van der Waals surface area contributed by atoms with Crippen molar-refractivity contribution in [2.75, 3.05) is 43.9 Å². The van der Waals surface area contributed by atoms with Crippen LogP contribution in [-0.4, -0.2) is 89.5 Å². The van der Waals surface area contributed by atoms with Crippen LogP contribution >= 0.6 is 0 Å². The van der Waals surface area contributed by atoms with Crippen LogP contribution in [-0.2, 0) is 4.79 Å². The zero-order valence-corrected chi connectivity index (χ0v) is 25.5. The number of primary amides is 2. The summed E-state index contributed by atoms with van der Waals surface area (Å²) in [5.74, 6) is 0.618. The number of nitrogens with zero attached hydrogens (tertiary/aromatic N) is 5. The van der Waals surface area contributed by atoms with E-state index in [1.54, 1.807) is 20.3 Å². The summed E-state index contributed by atoms with van der Waals surface area (Å²) in [6, 6.07) is 8.57. The molecular weight excluding hydrogens is 546 g/mol. The van der Waals surface area contributed by atoms with Crippen molar-refractivity contribution in [1.29, 1.82) is 0 Å². The van der Waals surface area contributed by atoms with Crippen molar-refractivity contribution in [3.63, 3.8) is 0 Å². The van der Waals surface area contributed by atoms with Gasteiger partial charge in [-0.25, -0.2) is 14.8 Å². The second kappa shape index (κ2) is 13.2. The van der Waals surface area contributed by atoms with Crippen LogP contribution in [0.25, 0.3) is 0 Å². The monoisotopic (exact) mass is 591 g/mol. The Bertz CT molecular complexity index is 1310. The van der Waals surface area contributed by atoms with E-state index >= 15 is 0 Å². The molecular formula is C31H45N9O3. The topological polar surface area (TPSA) is 163 Å². The molecule has 1 saturated carbocycles. The van der Waals surface area contributed by atoms with Crippen LogP contribution < -0.4 is 27.0 Å².